The van der Waals surface area contributed by atoms with E-state index in [2.05, 4.69) is 20.3 Å². The van der Waals surface area contributed by atoms with Crippen LogP contribution in [0.3, 0.4) is 0 Å². The van der Waals surface area contributed by atoms with Crippen LogP contribution in [-0.4, -0.2) is 21.5 Å². The maximum Gasteiger partial charge on any atom is 0.250 e. The van der Waals surface area contributed by atoms with Crippen molar-refractivity contribution in [2.75, 3.05) is 11.9 Å². The Bertz CT molecular complexity index is 837. The van der Waals surface area contributed by atoms with Gasteiger partial charge in [0.2, 0.25) is 0 Å². The predicted molar refractivity (Wildman–Crippen MR) is 86.1 cm³/mol. The van der Waals surface area contributed by atoms with E-state index in [-0.39, 0.29) is 5.56 Å². The molecule has 3 rings (SSSR count). The fourth-order valence-electron chi connectivity index (χ4n) is 2.37. The van der Waals surface area contributed by atoms with Crippen molar-refractivity contribution in [3.05, 3.63) is 50.5 Å². The second-order valence-electron chi connectivity index (χ2n) is 4.89. The molecule has 0 saturated carbocycles. The summed E-state index contributed by atoms with van der Waals surface area (Å²) < 4.78 is 0. The summed E-state index contributed by atoms with van der Waals surface area (Å²) in [6.45, 7) is 4.82. The van der Waals surface area contributed by atoms with Gasteiger partial charge in [0.05, 0.1) is 22.4 Å². The highest BCUT2D eigenvalue weighted by Gasteiger charge is 2.06. The first-order chi connectivity index (χ1) is 10.1. The van der Waals surface area contributed by atoms with Crippen LogP contribution in [0, 0.1) is 13.8 Å². The number of fused-ring (bicyclic) bond motifs is 1. The minimum Gasteiger partial charge on any atom is -0.384 e. The monoisotopic (exact) mass is 300 g/mol. The summed E-state index contributed by atoms with van der Waals surface area (Å²) in [5.74, 6) is 0. The predicted octanol–water partition coefficient (Wildman–Crippen LogP) is 2.65. The molecular weight excluding hydrogens is 284 g/mol. The summed E-state index contributed by atoms with van der Waals surface area (Å²) in [6.07, 6.45) is 4.29. The van der Waals surface area contributed by atoms with Gasteiger partial charge in [-0.1, -0.05) is 0 Å². The van der Waals surface area contributed by atoms with Gasteiger partial charge in [-0.15, -0.1) is 11.3 Å². The molecule has 0 unspecified atom stereocenters. The second kappa shape index (κ2) is 5.65. The quantitative estimate of drug-likeness (QED) is 0.777. The molecule has 0 bridgehead atoms. The van der Waals surface area contributed by atoms with Gasteiger partial charge in [0.1, 0.15) is 0 Å². The molecule has 6 heteroatoms. The number of H-pyrrole nitrogens is 1. The standard InChI is InChI=1S/C15H16N4OS/c1-9-14(21-10(2)18-9)4-6-17-12-7-15(20)19-13-8-16-5-3-11(12)13/h3,5,7-8H,4,6H2,1-2H3,(H2,17,19,20). The maximum atomic E-state index is 11.7. The van der Waals surface area contributed by atoms with Gasteiger partial charge in [-0.3, -0.25) is 9.78 Å². The van der Waals surface area contributed by atoms with Crippen molar-refractivity contribution in [3.8, 4) is 0 Å². The molecular formula is C15H16N4OS. The molecule has 0 aliphatic carbocycles. The minimum atomic E-state index is -0.122. The van der Waals surface area contributed by atoms with E-state index < -0.39 is 0 Å². The Morgan fingerprint density at radius 1 is 1.38 bits per heavy atom. The van der Waals surface area contributed by atoms with E-state index in [1.807, 2.05) is 19.9 Å². The number of rotatable bonds is 4. The summed E-state index contributed by atoms with van der Waals surface area (Å²) in [5, 5.41) is 5.41. The van der Waals surface area contributed by atoms with Gasteiger partial charge in [0, 0.05) is 41.2 Å². The number of aromatic amines is 1. The molecule has 108 valence electrons. The molecule has 0 fully saturated rings. The van der Waals surface area contributed by atoms with E-state index in [1.54, 1.807) is 29.8 Å². The van der Waals surface area contributed by atoms with Crippen LogP contribution >= 0.6 is 11.3 Å². The molecule has 21 heavy (non-hydrogen) atoms. The van der Waals surface area contributed by atoms with Crippen LogP contribution in [0.1, 0.15) is 15.6 Å². The van der Waals surface area contributed by atoms with Crippen LogP contribution in [0.15, 0.2) is 29.3 Å². The molecule has 0 aromatic carbocycles. The van der Waals surface area contributed by atoms with E-state index in [1.165, 1.54) is 4.88 Å². The Hall–Kier alpha value is -2.21. The Balaban J connectivity index is 1.79. The van der Waals surface area contributed by atoms with Crippen LogP contribution in [-0.2, 0) is 6.42 Å². The zero-order valence-electron chi connectivity index (χ0n) is 11.9. The molecule has 0 aliphatic heterocycles. The second-order valence-corrected chi connectivity index (χ2v) is 6.17. The maximum absolute atomic E-state index is 11.7. The number of aryl methyl sites for hydroxylation is 2. The van der Waals surface area contributed by atoms with Gasteiger partial charge in [-0.25, -0.2) is 4.98 Å². The fourth-order valence-corrected chi connectivity index (χ4v) is 3.31. The zero-order valence-corrected chi connectivity index (χ0v) is 12.8. The van der Waals surface area contributed by atoms with Gasteiger partial charge in [0.25, 0.3) is 5.56 Å². The minimum absolute atomic E-state index is 0.122. The Kier molecular flexibility index (Phi) is 3.70. The third-order valence-electron chi connectivity index (χ3n) is 3.31. The first-order valence-electron chi connectivity index (χ1n) is 6.77. The lowest BCUT2D eigenvalue weighted by Crippen LogP contribution is -2.11. The number of nitrogens with one attached hydrogen (secondary N) is 2. The van der Waals surface area contributed by atoms with Crippen LogP contribution in [0.25, 0.3) is 10.9 Å². The SMILES string of the molecule is Cc1nc(C)c(CCNc2cc(=O)[nH]c3cnccc23)s1. The molecule has 0 amide bonds. The summed E-state index contributed by atoms with van der Waals surface area (Å²) in [7, 11) is 0. The summed E-state index contributed by atoms with van der Waals surface area (Å²) in [6, 6.07) is 3.49. The van der Waals surface area contributed by atoms with Gasteiger partial charge >= 0.3 is 0 Å². The molecule has 3 heterocycles. The number of hydrogen-bond donors (Lipinski definition) is 2. The van der Waals surface area contributed by atoms with Gasteiger partial charge in [-0.2, -0.15) is 0 Å². The summed E-state index contributed by atoms with van der Waals surface area (Å²) in [5.41, 5.74) is 2.56. The number of pyridine rings is 2. The van der Waals surface area contributed by atoms with Gasteiger partial charge in [-0.05, 0) is 19.9 Å². The Morgan fingerprint density at radius 3 is 3.00 bits per heavy atom. The lowest BCUT2D eigenvalue weighted by molar-refractivity contribution is 1.01. The van der Waals surface area contributed by atoms with E-state index in [0.717, 1.165) is 40.3 Å². The first-order valence-corrected chi connectivity index (χ1v) is 7.59. The molecule has 2 N–H and O–H groups in total. The Labute approximate surface area is 126 Å². The molecule has 0 saturated heterocycles. The van der Waals surface area contributed by atoms with E-state index in [9.17, 15) is 4.79 Å². The Morgan fingerprint density at radius 2 is 2.24 bits per heavy atom. The lowest BCUT2D eigenvalue weighted by atomic mass is 10.2. The smallest absolute Gasteiger partial charge is 0.250 e. The molecule has 3 aromatic heterocycles. The highest BCUT2D eigenvalue weighted by molar-refractivity contribution is 7.11. The van der Waals surface area contributed by atoms with Crippen LogP contribution in [0.2, 0.25) is 0 Å². The zero-order chi connectivity index (χ0) is 14.8. The van der Waals surface area contributed by atoms with E-state index in [0.29, 0.717) is 0 Å². The molecule has 0 spiro atoms. The summed E-state index contributed by atoms with van der Waals surface area (Å²) in [4.78, 5) is 24.2. The number of hydrogen-bond acceptors (Lipinski definition) is 5. The third kappa shape index (κ3) is 2.95. The first kappa shape index (κ1) is 13.8. The molecule has 3 aromatic rings. The van der Waals surface area contributed by atoms with Crippen molar-refractivity contribution in [1.29, 1.82) is 0 Å². The van der Waals surface area contributed by atoms with Gasteiger partial charge in [0.15, 0.2) is 0 Å². The largest absolute Gasteiger partial charge is 0.384 e. The van der Waals surface area contributed by atoms with E-state index in [4.69, 9.17) is 0 Å². The van der Waals surface area contributed by atoms with Crippen molar-refractivity contribution in [1.82, 2.24) is 15.0 Å². The number of aromatic nitrogens is 3. The van der Waals surface area contributed by atoms with Gasteiger partial charge < -0.3 is 10.3 Å². The average Bonchev–Trinajstić information content (AvgIpc) is 2.77. The van der Waals surface area contributed by atoms with Crippen LogP contribution < -0.4 is 10.9 Å². The number of anilines is 1. The highest BCUT2D eigenvalue weighted by atomic mass is 32.1. The topological polar surface area (TPSA) is 70.7 Å². The number of thiazole rings is 1. The fraction of sp³-hybridized carbons (Fsp3) is 0.267. The van der Waals surface area contributed by atoms with E-state index >= 15 is 0 Å². The van der Waals surface area contributed by atoms with Crippen molar-refractivity contribution in [2.24, 2.45) is 0 Å². The normalized spacial score (nSPS) is 11.0. The van der Waals surface area contributed by atoms with Crippen LogP contribution in [0.5, 0.6) is 0 Å². The molecule has 0 radical (unpaired) electrons. The summed E-state index contributed by atoms with van der Waals surface area (Å²) >= 11 is 1.73. The van der Waals surface area contributed by atoms with Crippen molar-refractivity contribution in [2.45, 2.75) is 20.3 Å². The average molecular weight is 300 g/mol. The lowest BCUT2D eigenvalue weighted by Gasteiger charge is -2.08. The van der Waals surface area contributed by atoms with Crippen molar-refractivity contribution >= 4 is 27.9 Å². The third-order valence-corrected chi connectivity index (χ3v) is 4.44. The number of nitrogens with zero attached hydrogens (tertiary/aromatic N) is 2. The van der Waals surface area contributed by atoms with Crippen molar-refractivity contribution in [3.63, 3.8) is 0 Å². The molecule has 0 aliphatic rings. The highest BCUT2D eigenvalue weighted by Crippen LogP contribution is 2.20. The molecule has 5 nitrogen and oxygen atoms in total. The van der Waals surface area contributed by atoms with Crippen molar-refractivity contribution < 1.29 is 0 Å². The molecule has 0 atom stereocenters. The van der Waals surface area contributed by atoms with Crippen LogP contribution in [0.4, 0.5) is 5.69 Å².